The molecule has 3 nitrogen and oxygen atoms in total. The summed E-state index contributed by atoms with van der Waals surface area (Å²) in [5, 5.41) is 16.3. The number of rotatable bonds is 3. The average molecular weight is 282 g/mol. The fourth-order valence-corrected chi connectivity index (χ4v) is 2.47. The molecule has 1 amide bonds. The highest BCUT2D eigenvalue weighted by Crippen LogP contribution is 2.24. The van der Waals surface area contributed by atoms with Crippen LogP contribution in [0.4, 0.5) is 0 Å². The summed E-state index contributed by atoms with van der Waals surface area (Å²) >= 11 is 7.36. The van der Waals surface area contributed by atoms with Crippen molar-refractivity contribution in [2.45, 2.75) is 13.0 Å². The van der Waals surface area contributed by atoms with Crippen molar-refractivity contribution in [1.82, 2.24) is 5.32 Å². The number of aromatic hydroxyl groups is 1. The molecule has 1 aromatic heterocycles. The Morgan fingerprint density at radius 1 is 1.44 bits per heavy atom. The normalized spacial score (nSPS) is 12.1. The zero-order valence-electron chi connectivity index (χ0n) is 9.68. The highest BCUT2D eigenvalue weighted by Gasteiger charge is 2.12. The molecule has 1 atom stereocenters. The molecule has 0 fully saturated rings. The number of nitrogens with one attached hydrogen (secondary N) is 1. The van der Waals surface area contributed by atoms with E-state index in [9.17, 15) is 9.90 Å². The highest BCUT2D eigenvalue weighted by molar-refractivity contribution is 7.07. The van der Waals surface area contributed by atoms with E-state index in [1.54, 1.807) is 11.3 Å². The summed E-state index contributed by atoms with van der Waals surface area (Å²) in [6.45, 7) is 1.92. The number of carbonyl (C=O) groups is 1. The average Bonchev–Trinajstić information content (AvgIpc) is 2.86. The molecule has 0 spiro atoms. The lowest BCUT2D eigenvalue weighted by atomic mass is 10.1. The second-order valence-corrected chi connectivity index (χ2v) is 5.11. The van der Waals surface area contributed by atoms with E-state index in [1.165, 1.54) is 18.2 Å². The molecule has 18 heavy (non-hydrogen) atoms. The summed E-state index contributed by atoms with van der Waals surface area (Å²) in [6.07, 6.45) is 0. The third-order valence-corrected chi connectivity index (χ3v) is 3.60. The molecule has 1 heterocycles. The van der Waals surface area contributed by atoms with Crippen molar-refractivity contribution in [2.24, 2.45) is 0 Å². The van der Waals surface area contributed by atoms with Gasteiger partial charge in [0.25, 0.3) is 5.91 Å². The van der Waals surface area contributed by atoms with E-state index in [1.807, 2.05) is 23.8 Å². The lowest BCUT2D eigenvalue weighted by Gasteiger charge is -2.12. The van der Waals surface area contributed by atoms with E-state index in [2.05, 4.69) is 5.32 Å². The summed E-state index contributed by atoms with van der Waals surface area (Å²) in [7, 11) is 0. The number of amides is 1. The fourth-order valence-electron chi connectivity index (χ4n) is 1.53. The molecule has 1 aromatic carbocycles. The van der Waals surface area contributed by atoms with Gasteiger partial charge in [-0.2, -0.15) is 11.3 Å². The molecule has 0 aliphatic carbocycles. The molecule has 0 saturated carbocycles. The summed E-state index contributed by atoms with van der Waals surface area (Å²) in [5.41, 5.74) is 1.50. The molecule has 0 radical (unpaired) electrons. The lowest BCUT2D eigenvalue weighted by molar-refractivity contribution is 0.0940. The van der Waals surface area contributed by atoms with Crippen LogP contribution in [0.1, 0.15) is 28.9 Å². The molecule has 0 bridgehead atoms. The van der Waals surface area contributed by atoms with Crippen LogP contribution < -0.4 is 5.32 Å². The van der Waals surface area contributed by atoms with Crippen molar-refractivity contribution in [1.29, 1.82) is 0 Å². The molecule has 1 unspecified atom stereocenters. The molecule has 2 N–H and O–H groups in total. The molecule has 2 rings (SSSR count). The second-order valence-electron chi connectivity index (χ2n) is 3.92. The predicted octanol–water partition coefficient (Wildman–Crippen LogP) is 3.60. The van der Waals surface area contributed by atoms with Crippen molar-refractivity contribution in [3.8, 4) is 5.75 Å². The van der Waals surface area contributed by atoms with Crippen LogP contribution in [0.15, 0.2) is 35.0 Å². The Labute approximate surface area is 114 Å². The topological polar surface area (TPSA) is 49.3 Å². The third-order valence-electron chi connectivity index (χ3n) is 2.60. The minimum atomic E-state index is -0.212. The molecule has 5 heteroatoms. The van der Waals surface area contributed by atoms with E-state index in [0.717, 1.165) is 5.56 Å². The van der Waals surface area contributed by atoms with Crippen molar-refractivity contribution < 1.29 is 9.90 Å². The van der Waals surface area contributed by atoms with Gasteiger partial charge in [0.1, 0.15) is 5.75 Å². The molecule has 0 aliphatic rings. The Hall–Kier alpha value is -1.52. The fraction of sp³-hybridized carbons (Fsp3) is 0.154. The van der Waals surface area contributed by atoms with E-state index in [0.29, 0.717) is 5.56 Å². The van der Waals surface area contributed by atoms with Crippen LogP contribution in [-0.4, -0.2) is 11.0 Å². The first kappa shape index (κ1) is 12.9. The highest BCUT2D eigenvalue weighted by atomic mass is 35.5. The predicted molar refractivity (Wildman–Crippen MR) is 73.3 cm³/mol. The number of hydrogen-bond acceptors (Lipinski definition) is 3. The first-order valence-corrected chi connectivity index (χ1v) is 6.71. The van der Waals surface area contributed by atoms with Gasteiger partial charge in [0.05, 0.1) is 11.1 Å². The maximum absolute atomic E-state index is 12.0. The lowest BCUT2D eigenvalue weighted by Crippen LogP contribution is -2.26. The number of hydrogen-bond donors (Lipinski definition) is 2. The Balaban J connectivity index is 2.10. The van der Waals surface area contributed by atoms with Gasteiger partial charge in [-0.1, -0.05) is 11.6 Å². The number of phenols is 1. The summed E-state index contributed by atoms with van der Waals surface area (Å²) in [5.74, 6) is -0.241. The van der Waals surface area contributed by atoms with Gasteiger partial charge in [-0.25, -0.2) is 0 Å². The third kappa shape index (κ3) is 2.83. The van der Waals surface area contributed by atoms with Crippen LogP contribution in [-0.2, 0) is 0 Å². The van der Waals surface area contributed by atoms with Gasteiger partial charge < -0.3 is 10.4 Å². The van der Waals surface area contributed by atoms with Gasteiger partial charge in [-0.3, -0.25) is 4.79 Å². The largest absolute Gasteiger partial charge is 0.506 e. The Morgan fingerprint density at radius 2 is 2.22 bits per heavy atom. The quantitative estimate of drug-likeness (QED) is 0.903. The van der Waals surface area contributed by atoms with Crippen molar-refractivity contribution in [3.63, 3.8) is 0 Å². The monoisotopic (exact) mass is 281 g/mol. The van der Waals surface area contributed by atoms with Gasteiger partial charge in [0.15, 0.2) is 0 Å². The smallest absolute Gasteiger partial charge is 0.251 e. The Morgan fingerprint density at radius 3 is 2.83 bits per heavy atom. The van der Waals surface area contributed by atoms with Gasteiger partial charge >= 0.3 is 0 Å². The zero-order valence-corrected chi connectivity index (χ0v) is 11.3. The van der Waals surface area contributed by atoms with Gasteiger partial charge in [0.2, 0.25) is 0 Å². The maximum atomic E-state index is 12.0. The van der Waals surface area contributed by atoms with Crippen LogP contribution in [0.5, 0.6) is 5.75 Å². The SMILES string of the molecule is CC(NC(=O)c1ccc(O)c(Cl)c1)c1ccsc1. The van der Waals surface area contributed by atoms with E-state index < -0.39 is 0 Å². The van der Waals surface area contributed by atoms with E-state index in [-0.39, 0.29) is 22.7 Å². The number of halogens is 1. The van der Waals surface area contributed by atoms with Crippen molar-refractivity contribution in [2.75, 3.05) is 0 Å². The molecule has 94 valence electrons. The molecule has 0 saturated heterocycles. The number of carbonyl (C=O) groups excluding carboxylic acids is 1. The molecule has 2 aromatic rings. The first-order chi connectivity index (χ1) is 8.58. The maximum Gasteiger partial charge on any atom is 0.251 e. The number of benzene rings is 1. The van der Waals surface area contributed by atoms with Crippen LogP contribution >= 0.6 is 22.9 Å². The molecular weight excluding hydrogens is 270 g/mol. The minimum absolute atomic E-state index is 0.0286. The Kier molecular flexibility index (Phi) is 3.89. The van der Waals surface area contributed by atoms with Gasteiger partial charge in [-0.05, 0) is 47.5 Å². The van der Waals surface area contributed by atoms with E-state index >= 15 is 0 Å². The van der Waals surface area contributed by atoms with Crippen LogP contribution in [0, 0.1) is 0 Å². The van der Waals surface area contributed by atoms with Gasteiger partial charge in [-0.15, -0.1) is 0 Å². The van der Waals surface area contributed by atoms with Crippen molar-refractivity contribution in [3.05, 3.63) is 51.2 Å². The number of phenolic OH excluding ortho intramolecular Hbond substituents is 1. The van der Waals surface area contributed by atoms with Gasteiger partial charge in [0, 0.05) is 5.56 Å². The minimum Gasteiger partial charge on any atom is -0.506 e. The standard InChI is InChI=1S/C13H12ClNO2S/c1-8(10-4-5-18-7-10)15-13(17)9-2-3-12(16)11(14)6-9/h2-8,16H,1H3,(H,15,17). The van der Waals surface area contributed by atoms with Crippen molar-refractivity contribution >= 4 is 28.8 Å². The van der Waals surface area contributed by atoms with Crippen LogP contribution in [0.25, 0.3) is 0 Å². The summed E-state index contributed by atoms with van der Waals surface area (Å²) < 4.78 is 0. The summed E-state index contributed by atoms with van der Waals surface area (Å²) in [4.78, 5) is 12.0. The zero-order chi connectivity index (χ0) is 13.1. The first-order valence-electron chi connectivity index (χ1n) is 5.39. The van der Waals surface area contributed by atoms with Crippen LogP contribution in [0.2, 0.25) is 5.02 Å². The van der Waals surface area contributed by atoms with Crippen LogP contribution in [0.3, 0.4) is 0 Å². The Bertz CT molecular complexity index is 554. The number of thiophene rings is 1. The second kappa shape index (κ2) is 5.42. The summed E-state index contributed by atoms with van der Waals surface area (Å²) in [6, 6.07) is 6.31. The van der Waals surface area contributed by atoms with E-state index in [4.69, 9.17) is 11.6 Å². The molecular formula is C13H12ClNO2S. The molecule has 0 aliphatic heterocycles.